The van der Waals surface area contributed by atoms with Crippen LogP contribution >= 0.6 is 0 Å². The summed E-state index contributed by atoms with van der Waals surface area (Å²) in [7, 11) is -4.31. The molecule has 6 rings (SSSR count). The van der Waals surface area contributed by atoms with Crippen molar-refractivity contribution in [2.45, 2.75) is 120 Å². The molecule has 1 saturated carbocycles. The number of allylic oxidation sites excluding steroid dienone is 1. The number of fused-ring (bicyclic) bond motifs is 3. The summed E-state index contributed by atoms with van der Waals surface area (Å²) < 4.78 is 54.4. The monoisotopic (exact) mass is 781 g/mol. The molecule has 3 aliphatic heterocycles. The summed E-state index contributed by atoms with van der Waals surface area (Å²) in [6, 6.07) is 8.19. The highest BCUT2D eigenvalue weighted by atomic mass is 32.2. The van der Waals surface area contributed by atoms with E-state index in [1.54, 1.807) is 58.0 Å². The van der Waals surface area contributed by atoms with Gasteiger partial charge in [-0.05, 0) is 77.1 Å². The summed E-state index contributed by atoms with van der Waals surface area (Å²) in [5, 5.41) is 5.45. The number of hydrogen-bond acceptors (Lipinski definition) is 9. The van der Waals surface area contributed by atoms with Gasteiger partial charge in [-0.25, -0.2) is 27.1 Å². The number of nitrogens with one attached hydrogen (secondary N) is 3. The van der Waals surface area contributed by atoms with Gasteiger partial charge in [-0.15, -0.1) is 0 Å². The molecule has 0 bridgehead atoms. The second-order valence-electron chi connectivity index (χ2n) is 15.8. The van der Waals surface area contributed by atoms with Crippen LogP contribution in [0.2, 0.25) is 0 Å². The van der Waals surface area contributed by atoms with E-state index in [0.717, 1.165) is 12.0 Å². The number of carbonyl (C=O) groups excluding carboxylic acids is 5. The number of benzene rings is 2. The third kappa shape index (κ3) is 9.11. The molecule has 16 heteroatoms. The van der Waals surface area contributed by atoms with Gasteiger partial charge in [0.1, 0.15) is 35.1 Å². The zero-order valence-electron chi connectivity index (χ0n) is 31.4. The van der Waals surface area contributed by atoms with Crippen LogP contribution in [0.5, 0.6) is 0 Å². The number of ether oxygens (including phenoxy) is 2. The van der Waals surface area contributed by atoms with Crippen molar-refractivity contribution in [3.63, 3.8) is 0 Å². The smallest absolute Gasteiger partial charge is 0.410 e. The van der Waals surface area contributed by atoms with Gasteiger partial charge >= 0.3 is 12.2 Å². The maximum atomic E-state index is 14.5. The Labute approximate surface area is 320 Å². The number of rotatable bonds is 5. The number of hydrogen-bond donors (Lipinski definition) is 3. The van der Waals surface area contributed by atoms with Gasteiger partial charge in [-0.2, -0.15) is 0 Å². The molecule has 3 heterocycles. The van der Waals surface area contributed by atoms with Crippen LogP contribution in [0.15, 0.2) is 59.5 Å². The first-order valence-corrected chi connectivity index (χ1v) is 20.1. The average molecular weight is 782 g/mol. The highest BCUT2D eigenvalue weighted by Crippen LogP contribution is 2.46. The van der Waals surface area contributed by atoms with Gasteiger partial charge in [0.15, 0.2) is 0 Å². The summed E-state index contributed by atoms with van der Waals surface area (Å²) in [4.78, 5) is 71.4. The summed E-state index contributed by atoms with van der Waals surface area (Å²) in [6.07, 6.45) is 3.95. The van der Waals surface area contributed by atoms with Crippen molar-refractivity contribution in [1.29, 1.82) is 0 Å². The molecule has 5 amide bonds. The van der Waals surface area contributed by atoms with Crippen LogP contribution in [0.25, 0.3) is 0 Å². The first kappa shape index (κ1) is 39.7. The maximum Gasteiger partial charge on any atom is 0.410 e. The van der Waals surface area contributed by atoms with Crippen molar-refractivity contribution < 1.29 is 46.3 Å². The molecule has 0 aromatic heterocycles. The number of carbonyl (C=O) groups is 5. The zero-order valence-corrected chi connectivity index (χ0v) is 32.2. The van der Waals surface area contributed by atoms with Crippen molar-refractivity contribution in [2.24, 2.45) is 5.92 Å². The Kier molecular flexibility index (Phi) is 11.3. The van der Waals surface area contributed by atoms with Gasteiger partial charge in [0.25, 0.3) is 15.9 Å². The standard InChI is InChI=1S/C39H48FN5O9S/c1-24-15-17-28(18-16-24)55(51,52)43-35(48)39-20-26(39)12-8-6-5-7-9-14-31(41-36(49)54-38(2,3)4)34(47)45-22-27(19-32(45)33(46)42-39)53-37(50)44-21-25-11-10-13-30(40)29(25)23-44/h8,10-13,15-18,26-27,31-32H,5-7,9,14,19-23H2,1-4H3,(H,41,49)(H,42,46)(H,43,48)/b12-8-/t26-,27+,31-,32-,39-/m0/s1. The summed E-state index contributed by atoms with van der Waals surface area (Å²) in [5.74, 6) is -3.27. The Morgan fingerprint density at radius 1 is 1.02 bits per heavy atom. The molecular weight excluding hydrogens is 734 g/mol. The molecule has 14 nitrogen and oxygen atoms in total. The molecule has 296 valence electrons. The lowest BCUT2D eigenvalue weighted by atomic mass is 10.0. The van der Waals surface area contributed by atoms with Gasteiger partial charge in [-0.1, -0.05) is 54.8 Å². The highest BCUT2D eigenvalue weighted by Gasteiger charge is 2.61. The number of halogens is 1. The second-order valence-corrected chi connectivity index (χ2v) is 17.4. The van der Waals surface area contributed by atoms with Crippen molar-refractivity contribution in [2.75, 3.05) is 6.54 Å². The Morgan fingerprint density at radius 3 is 2.47 bits per heavy atom. The Hall–Kier alpha value is -4.99. The molecule has 1 aliphatic carbocycles. The summed E-state index contributed by atoms with van der Waals surface area (Å²) in [6.45, 7) is 6.75. The van der Waals surface area contributed by atoms with E-state index in [1.165, 1.54) is 28.0 Å². The predicted molar refractivity (Wildman–Crippen MR) is 197 cm³/mol. The second kappa shape index (κ2) is 15.6. The molecule has 5 atom stereocenters. The molecule has 2 aromatic rings. The van der Waals surface area contributed by atoms with Crippen molar-refractivity contribution >= 4 is 39.9 Å². The third-order valence-corrected chi connectivity index (χ3v) is 11.7. The van der Waals surface area contributed by atoms with Crippen LogP contribution in [-0.2, 0) is 47.0 Å². The first-order chi connectivity index (χ1) is 26.0. The summed E-state index contributed by atoms with van der Waals surface area (Å²) in [5.41, 5.74) is -0.648. The van der Waals surface area contributed by atoms with E-state index in [-0.39, 0.29) is 43.8 Å². The van der Waals surface area contributed by atoms with Gasteiger partial charge in [0.05, 0.1) is 18.0 Å². The molecule has 55 heavy (non-hydrogen) atoms. The minimum absolute atomic E-state index is 0.0139. The fourth-order valence-corrected chi connectivity index (χ4v) is 8.37. The minimum Gasteiger partial charge on any atom is -0.444 e. The lowest BCUT2D eigenvalue weighted by Gasteiger charge is -2.30. The SMILES string of the molecule is Cc1ccc(S(=O)(=O)NC(=O)[C@]23C[C@@H]2/C=C\CCCCC[C@H](NC(=O)OC(C)(C)C)C(=O)N2C[C@H](OC(=O)N4Cc5cccc(F)c5C4)C[C@H]2C(=O)N3)cc1. The van der Waals surface area contributed by atoms with E-state index in [4.69, 9.17) is 9.47 Å². The van der Waals surface area contributed by atoms with Crippen LogP contribution in [0.3, 0.4) is 0 Å². The van der Waals surface area contributed by atoms with Gasteiger partial charge in [-0.3, -0.25) is 19.3 Å². The number of sulfonamides is 1. The van der Waals surface area contributed by atoms with Crippen LogP contribution in [0.1, 0.15) is 82.4 Å². The Bertz CT molecular complexity index is 1980. The Morgan fingerprint density at radius 2 is 1.76 bits per heavy atom. The number of amides is 5. The van der Waals surface area contributed by atoms with E-state index in [0.29, 0.717) is 30.4 Å². The third-order valence-electron chi connectivity index (χ3n) is 10.3. The van der Waals surface area contributed by atoms with Crippen LogP contribution in [0, 0.1) is 18.7 Å². The summed E-state index contributed by atoms with van der Waals surface area (Å²) >= 11 is 0. The van der Waals surface area contributed by atoms with Crippen LogP contribution in [0.4, 0.5) is 14.0 Å². The van der Waals surface area contributed by atoms with Crippen LogP contribution < -0.4 is 15.4 Å². The van der Waals surface area contributed by atoms with Crippen LogP contribution in [-0.4, -0.2) is 84.0 Å². The van der Waals surface area contributed by atoms with Gasteiger partial charge in [0, 0.05) is 24.4 Å². The molecule has 0 spiro atoms. The predicted octanol–water partition coefficient (Wildman–Crippen LogP) is 4.35. The zero-order chi connectivity index (χ0) is 39.7. The largest absolute Gasteiger partial charge is 0.444 e. The quantitative estimate of drug-likeness (QED) is 0.372. The van der Waals surface area contributed by atoms with Crippen molar-refractivity contribution in [1.82, 2.24) is 25.2 Å². The first-order valence-electron chi connectivity index (χ1n) is 18.6. The average Bonchev–Trinajstić information content (AvgIpc) is 3.40. The number of nitrogens with zero attached hydrogens (tertiary/aromatic N) is 2. The van der Waals surface area contributed by atoms with E-state index >= 15 is 0 Å². The number of aryl methyl sites for hydroxylation is 1. The molecular formula is C39H48FN5O9S. The van der Waals surface area contributed by atoms with Crippen molar-refractivity contribution in [3.8, 4) is 0 Å². The van der Waals surface area contributed by atoms with E-state index < -0.39 is 81.0 Å². The van der Waals surface area contributed by atoms with Gasteiger partial charge < -0.3 is 25.0 Å². The molecule has 1 saturated heterocycles. The molecule has 0 unspecified atom stereocenters. The maximum absolute atomic E-state index is 14.5. The topological polar surface area (TPSA) is 181 Å². The Balaban J connectivity index is 1.26. The van der Waals surface area contributed by atoms with E-state index in [1.807, 2.05) is 6.08 Å². The normalized spacial score (nSPS) is 26.3. The molecule has 2 aromatic carbocycles. The lowest BCUT2D eigenvalue weighted by Crippen LogP contribution is -2.58. The molecule has 4 aliphatic rings. The fourth-order valence-electron chi connectivity index (χ4n) is 7.33. The van der Waals surface area contributed by atoms with E-state index in [9.17, 15) is 36.8 Å². The fraction of sp³-hybridized carbons (Fsp3) is 0.513. The molecule has 3 N–H and O–H groups in total. The van der Waals surface area contributed by atoms with Crippen molar-refractivity contribution in [3.05, 3.63) is 77.1 Å². The minimum atomic E-state index is -4.31. The molecule has 2 fully saturated rings. The van der Waals surface area contributed by atoms with Gasteiger partial charge in [0.2, 0.25) is 11.8 Å². The van der Waals surface area contributed by atoms with E-state index in [2.05, 4.69) is 15.4 Å². The number of alkyl carbamates (subject to hydrolysis) is 1. The highest BCUT2D eigenvalue weighted by molar-refractivity contribution is 7.90. The molecule has 0 radical (unpaired) electrons. The lowest BCUT2D eigenvalue weighted by molar-refractivity contribution is -0.141.